The average Bonchev–Trinajstić information content (AvgIpc) is 2.72. The van der Waals surface area contributed by atoms with E-state index in [1.54, 1.807) is 24.3 Å². The highest BCUT2D eigenvalue weighted by Crippen LogP contribution is 2.38. The molecule has 2 aromatic carbocycles. The van der Waals surface area contributed by atoms with Crippen molar-refractivity contribution in [1.29, 1.82) is 0 Å². The molecule has 1 aliphatic heterocycles. The number of methoxy groups -OCH3 is 1. The number of ether oxygens (including phenoxy) is 1. The molecule has 1 heterocycles. The molecule has 1 fully saturated rings. The monoisotopic (exact) mass is 468 g/mol. The summed E-state index contributed by atoms with van der Waals surface area (Å²) in [6.07, 6.45) is -10.3. The Labute approximate surface area is 174 Å². The molecule has 12 heteroatoms. The van der Waals surface area contributed by atoms with E-state index in [9.17, 15) is 34.8 Å². The van der Waals surface area contributed by atoms with Crippen molar-refractivity contribution in [2.45, 2.75) is 17.2 Å². The van der Waals surface area contributed by atoms with E-state index in [1.807, 2.05) is 4.90 Å². The Bertz CT molecular complexity index is 1010. The molecule has 1 saturated heterocycles. The van der Waals surface area contributed by atoms with Crippen molar-refractivity contribution < 1.29 is 39.5 Å². The van der Waals surface area contributed by atoms with Crippen molar-refractivity contribution in [2.75, 3.05) is 38.2 Å². The normalized spacial score (nSPS) is 16.4. The summed E-state index contributed by atoms with van der Waals surface area (Å²) in [5.41, 5.74) is -2.58. The molecule has 2 aromatic rings. The van der Waals surface area contributed by atoms with Gasteiger partial charge in [-0.15, -0.1) is 0 Å². The lowest BCUT2D eigenvalue weighted by molar-refractivity contribution is -0.143. The molecule has 0 radical (unpaired) electrons. The van der Waals surface area contributed by atoms with Gasteiger partial charge in [0.15, 0.2) is 0 Å². The minimum Gasteiger partial charge on any atom is -0.497 e. The summed E-state index contributed by atoms with van der Waals surface area (Å²) in [5, 5.41) is 0. The zero-order valence-electron chi connectivity index (χ0n) is 16.2. The summed E-state index contributed by atoms with van der Waals surface area (Å²) in [7, 11) is -3.07. The molecule has 0 bridgehead atoms. The molecule has 0 aromatic heterocycles. The van der Waals surface area contributed by atoms with Crippen LogP contribution in [0.15, 0.2) is 47.4 Å². The summed E-state index contributed by atoms with van der Waals surface area (Å²) in [6.45, 7) is 0.212. The number of hydrogen-bond acceptors (Lipinski definition) is 4. The third kappa shape index (κ3) is 5.06. The fraction of sp³-hybridized carbons (Fsp3) is 0.368. The van der Waals surface area contributed by atoms with Crippen molar-refractivity contribution in [3.8, 4) is 5.75 Å². The van der Waals surface area contributed by atoms with Gasteiger partial charge in [0.25, 0.3) is 0 Å². The number of anilines is 1. The third-order valence-electron chi connectivity index (χ3n) is 4.86. The predicted octanol–water partition coefficient (Wildman–Crippen LogP) is 4.24. The van der Waals surface area contributed by atoms with Crippen LogP contribution in [0.1, 0.15) is 11.1 Å². The number of piperazine rings is 1. The molecule has 0 amide bonds. The minimum atomic E-state index is -5.13. The zero-order chi connectivity index (χ0) is 23.0. The van der Waals surface area contributed by atoms with Gasteiger partial charge < -0.3 is 9.64 Å². The molecule has 3 rings (SSSR count). The average molecular weight is 468 g/mol. The van der Waals surface area contributed by atoms with Crippen LogP contribution in [0, 0.1) is 0 Å². The first-order valence-electron chi connectivity index (χ1n) is 9.01. The lowest BCUT2D eigenvalue weighted by Gasteiger charge is -2.35. The quantitative estimate of drug-likeness (QED) is 0.630. The molecule has 0 N–H and O–H groups in total. The number of alkyl halides is 6. The molecule has 0 aliphatic carbocycles. The first kappa shape index (κ1) is 23.2. The number of sulfonamides is 1. The predicted molar refractivity (Wildman–Crippen MR) is 100 cm³/mol. The Morgan fingerprint density at radius 3 is 1.87 bits per heavy atom. The van der Waals surface area contributed by atoms with Gasteiger partial charge in [-0.05, 0) is 30.3 Å². The first-order valence-corrected chi connectivity index (χ1v) is 10.4. The standard InChI is InChI=1S/C19H18F6N2O3S/c1-30-16-4-2-3-15(12-16)26-5-7-27(8-6-26)31(28,29)17-10-13(18(20,21)22)9-14(11-17)19(23,24)25/h2-4,9-12H,5-8H2,1H3. The Morgan fingerprint density at radius 2 is 1.39 bits per heavy atom. The summed E-state index contributed by atoms with van der Waals surface area (Å²) in [6, 6.07) is 7.38. The van der Waals surface area contributed by atoms with E-state index in [0.717, 1.165) is 9.99 Å². The van der Waals surface area contributed by atoms with Gasteiger partial charge in [-0.2, -0.15) is 30.6 Å². The highest BCUT2D eigenvalue weighted by atomic mass is 32.2. The fourth-order valence-corrected chi connectivity index (χ4v) is 4.71. The minimum absolute atomic E-state index is 0.0975. The number of hydrogen-bond donors (Lipinski definition) is 0. The molecule has 1 aliphatic rings. The van der Waals surface area contributed by atoms with Crippen LogP contribution >= 0.6 is 0 Å². The molecule has 0 unspecified atom stereocenters. The largest absolute Gasteiger partial charge is 0.497 e. The SMILES string of the molecule is COc1cccc(N2CCN(S(=O)(=O)c3cc(C(F)(F)F)cc(C(F)(F)F)c3)CC2)c1. The van der Waals surface area contributed by atoms with E-state index in [0.29, 0.717) is 5.75 Å². The van der Waals surface area contributed by atoms with E-state index < -0.39 is 38.4 Å². The second-order valence-corrected chi connectivity index (χ2v) is 8.77. The van der Waals surface area contributed by atoms with Crippen molar-refractivity contribution in [3.63, 3.8) is 0 Å². The van der Waals surface area contributed by atoms with E-state index in [1.165, 1.54) is 7.11 Å². The second-order valence-electron chi connectivity index (χ2n) is 6.83. The van der Waals surface area contributed by atoms with E-state index in [2.05, 4.69) is 0 Å². The van der Waals surface area contributed by atoms with Crippen molar-refractivity contribution in [3.05, 3.63) is 53.6 Å². The van der Waals surface area contributed by atoms with Crippen LogP contribution in [0.25, 0.3) is 0 Å². The highest BCUT2D eigenvalue weighted by Gasteiger charge is 2.39. The van der Waals surface area contributed by atoms with Gasteiger partial charge in [-0.3, -0.25) is 0 Å². The van der Waals surface area contributed by atoms with Crippen LogP contribution in [0.2, 0.25) is 0 Å². The van der Waals surface area contributed by atoms with Gasteiger partial charge in [0, 0.05) is 37.9 Å². The van der Waals surface area contributed by atoms with Crippen LogP contribution in [0.3, 0.4) is 0 Å². The summed E-state index contributed by atoms with van der Waals surface area (Å²) in [4.78, 5) is 0.812. The van der Waals surface area contributed by atoms with Gasteiger partial charge in [-0.25, -0.2) is 8.42 Å². The van der Waals surface area contributed by atoms with Crippen molar-refractivity contribution >= 4 is 15.7 Å². The molecule has 0 spiro atoms. The Balaban J connectivity index is 1.87. The lowest BCUT2D eigenvalue weighted by atomic mass is 10.1. The number of halogens is 6. The second kappa shape index (κ2) is 8.23. The van der Waals surface area contributed by atoms with Gasteiger partial charge in [0.2, 0.25) is 10.0 Å². The smallest absolute Gasteiger partial charge is 0.416 e. The Hall–Kier alpha value is -2.47. The van der Waals surface area contributed by atoms with Crippen LogP contribution in [0.4, 0.5) is 32.0 Å². The Kier molecular flexibility index (Phi) is 6.16. The molecule has 31 heavy (non-hydrogen) atoms. The van der Waals surface area contributed by atoms with Gasteiger partial charge in [0.05, 0.1) is 23.1 Å². The van der Waals surface area contributed by atoms with E-state index in [-0.39, 0.29) is 44.4 Å². The Morgan fingerprint density at radius 1 is 0.839 bits per heavy atom. The van der Waals surface area contributed by atoms with Crippen molar-refractivity contribution in [2.24, 2.45) is 0 Å². The number of benzene rings is 2. The van der Waals surface area contributed by atoms with Gasteiger partial charge >= 0.3 is 12.4 Å². The summed E-state index contributed by atoms with van der Waals surface area (Å²) < 4.78 is 110. The van der Waals surface area contributed by atoms with E-state index >= 15 is 0 Å². The van der Waals surface area contributed by atoms with Crippen LogP contribution in [-0.2, 0) is 22.4 Å². The molecular formula is C19H18F6N2O3S. The highest BCUT2D eigenvalue weighted by molar-refractivity contribution is 7.89. The zero-order valence-corrected chi connectivity index (χ0v) is 17.0. The fourth-order valence-electron chi connectivity index (χ4n) is 3.22. The maximum atomic E-state index is 13.1. The molecule has 5 nitrogen and oxygen atoms in total. The van der Waals surface area contributed by atoms with Crippen LogP contribution < -0.4 is 9.64 Å². The molecule has 0 saturated carbocycles. The van der Waals surface area contributed by atoms with Crippen molar-refractivity contribution in [1.82, 2.24) is 4.31 Å². The maximum absolute atomic E-state index is 13.1. The molecule has 0 atom stereocenters. The van der Waals surface area contributed by atoms with Gasteiger partial charge in [0.1, 0.15) is 5.75 Å². The first-order chi connectivity index (χ1) is 14.3. The van der Waals surface area contributed by atoms with Gasteiger partial charge in [-0.1, -0.05) is 6.07 Å². The molecule has 170 valence electrons. The van der Waals surface area contributed by atoms with Crippen LogP contribution in [-0.4, -0.2) is 46.0 Å². The summed E-state index contributed by atoms with van der Waals surface area (Å²) in [5.74, 6) is 0.594. The third-order valence-corrected chi connectivity index (χ3v) is 6.73. The summed E-state index contributed by atoms with van der Waals surface area (Å²) >= 11 is 0. The van der Waals surface area contributed by atoms with Crippen LogP contribution in [0.5, 0.6) is 5.75 Å². The lowest BCUT2D eigenvalue weighted by Crippen LogP contribution is -2.48. The van der Waals surface area contributed by atoms with E-state index in [4.69, 9.17) is 4.74 Å². The topological polar surface area (TPSA) is 49.9 Å². The maximum Gasteiger partial charge on any atom is 0.416 e. The molecular weight excluding hydrogens is 450 g/mol. The number of nitrogens with zero attached hydrogens (tertiary/aromatic N) is 2. The number of rotatable bonds is 4.